The molecule has 3 heterocycles. The van der Waals surface area contributed by atoms with Crippen LogP contribution >= 0.6 is 0 Å². The van der Waals surface area contributed by atoms with Gasteiger partial charge in [-0.3, -0.25) is 0 Å². The number of para-hydroxylation sites is 4. The van der Waals surface area contributed by atoms with Crippen molar-refractivity contribution in [3.05, 3.63) is 133 Å². The quantitative estimate of drug-likeness (QED) is 0.295. The second-order valence-electron chi connectivity index (χ2n) is 10.8. The average Bonchev–Trinajstić information content (AvgIpc) is 3.06. The van der Waals surface area contributed by atoms with Crippen molar-refractivity contribution >= 4 is 46.2 Å². The lowest BCUT2D eigenvalue weighted by atomic mass is 9.32. The molecule has 6 aromatic rings. The molecule has 196 valence electrons. The standard InChI is InChI=1S/C36H22B2O4/c1-3-13-23(14-4-1)37-25-17-7-9-19-27(25)39-33-31-34(36-35(32(33)37)41-29-21-11-12-22-30(29)42-36)40-28-20-10-8-18-26(28)38(31)24-15-5-2-6-16-24/h1-22H. The fourth-order valence-corrected chi connectivity index (χ4v) is 6.61. The van der Waals surface area contributed by atoms with E-state index in [1.165, 1.54) is 0 Å². The molecule has 0 saturated carbocycles. The third kappa shape index (κ3) is 3.39. The van der Waals surface area contributed by atoms with Gasteiger partial charge < -0.3 is 18.9 Å². The van der Waals surface area contributed by atoms with Gasteiger partial charge in [0.2, 0.25) is 5.75 Å². The molecular weight excluding hydrogens is 518 g/mol. The van der Waals surface area contributed by atoms with Gasteiger partial charge in [-0.15, -0.1) is 0 Å². The number of benzene rings is 6. The Bertz CT molecular complexity index is 1930. The molecule has 6 heteroatoms. The summed E-state index contributed by atoms with van der Waals surface area (Å²) in [6.45, 7) is -0.291. The van der Waals surface area contributed by atoms with Crippen molar-refractivity contribution in [3.8, 4) is 46.0 Å². The van der Waals surface area contributed by atoms with Crippen molar-refractivity contribution in [2.24, 2.45) is 0 Å². The average molecular weight is 540 g/mol. The number of ether oxygens (including phenoxy) is 4. The SMILES string of the molecule is c1ccc(B2c3ccccc3Oc3c2c2c(c4c3B(c3ccccc3)c3ccccc3O4)Oc3ccccc3O2)cc1. The van der Waals surface area contributed by atoms with E-state index in [0.717, 1.165) is 50.0 Å². The third-order valence-electron chi connectivity index (χ3n) is 8.39. The molecule has 0 fully saturated rings. The lowest BCUT2D eigenvalue weighted by Crippen LogP contribution is -2.61. The Hall–Kier alpha value is -5.35. The van der Waals surface area contributed by atoms with Crippen molar-refractivity contribution in [2.45, 2.75) is 0 Å². The molecule has 0 spiro atoms. The first-order chi connectivity index (χ1) is 20.8. The van der Waals surface area contributed by atoms with E-state index in [9.17, 15) is 0 Å². The number of fused-ring (bicyclic) bond motifs is 9. The summed E-state index contributed by atoms with van der Waals surface area (Å²) < 4.78 is 27.1. The highest BCUT2D eigenvalue weighted by atomic mass is 16.6. The summed E-state index contributed by atoms with van der Waals surface area (Å²) in [6.07, 6.45) is 0. The van der Waals surface area contributed by atoms with Gasteiger partial charge in [0.1, 0.15) is 17.2 Å². The van der Waals surface area contributed by atoms with Gasteiger partial charge >= 0.3 is 0 Å². The topological polar surface area (TPSA) is 36.9 Å². The van der Waals surface area contributed by atoms with E-state index >= 15 is 0 Å². The molecule has 42 heavy (non-hydrogen) atoms. The predicted molar refractivity (Wildman–Crippen MR) is 168 cm³/mol. The maximum atomic E-state index is 6.93. The minimum atomic E-state index is -0.146. The molecule has 0 atom stereocenters. The van der Waals surface area contributed by atoms with Gasteiger partial charge in [-0.25, -0.2) is 0 Å². The van der Waals surface area contributed by atoms with Gasteiger partial charge in [0, 0.05) is 10.9 Å². The van der Waals surface area contributed by atoms with Crippen LogP contribution in [0.5, 0.6) is 46.0 Å². The Morgan fingerprint density at radius 3 is 1.17 bits per heavy atom. The molecule has 3 aliphatic rings. The van der Waals surface area contributed by atoms with E-state index in [4.69, 9.17) is 18.9 Å². The van der Waals surface area contributed by atoms with Crippen molar-refractivity contribution in [1.82, 2.24) is 0 Å². The van der Waals surface area contributed by atoms with Crippen LogP contribution in [0, 0.1) is 0 Å². The summed E-state index contributed by atoms with van der Waals surface area (Å²) in [5, 5.41) is 0. The molecule has 0 N–H and O–H groups in total. The molecule has 9 rings (SSSR count). The van der Waals surface area contributed by atoms with Crippen molar-refractivity contribution in [2.75, 3.05) is 0 Å². The predicted octanol–water partition coefficient (Wildman–Crippen LogP) is 4.83. The van der Waals surface area contributed by atoms with Crippen molar-refractivity contribution in [3.63, 3.8) is 0 Å². The van der Waals surface area contributed by atoms with E-state index in [1.807, 2.05) is 60.7 Å². The van der Waals surface area contributed by atoms with E-state index in [-0.39, 0.29) is 13.4 Å². The van der Waals surface area contributed by atoms with E-state index in [2.05, 4.69) is 72.8 Å². The molecule has 0 radical (unpaired) electrons. The van der Waals surface area contributed by atoms with Gasteiger partial charge in [-0.2, -0.15) is 0 Å². The van der Waals surface area contributed by atoms with E-state index in [1.54, 1.807) is 0 Å². The summed E-state index contributed by atoms with van der Waals surface area (Å²) in [4.78, 5) is 0. The largest absolute Gasteiger partial charge is 0.459 e. The van der Waals surface area contributed by atoms with Gasteiger partial charge in [0.05, 0.1) is 0 Å². The molecule has 0 aromatic heterocycles. The minimum Gasteiger partial charge on any atom is -0.459 e. The molecule has 0 bridgehead atoms. The molecule has 4 nitrogen and oxygen atoms in total. The van der Waals surface area contributed by atoms with Crippen molar-refractivity contribution < 1.29 is 18.9 Å². The third-order valence-corrected chi connectivity index (χ3v) is 8.39. The molecule has 0 aliphatic carbocycles. The molecule has 3 aliphatic heterocycles. The van der Waals surface area contributed by atoms with Crippen molar-refractivity contribution in [1.29, 1.82) is 0 Å². The van der Waals surface area contributed by atoms with E-state index in [0.29, 0.717) is 28.7 Å². The second-order valence-corrected chi connectivity index (χ2v) is 10.8. The smallest absolute Gasteiger partial charge is 0.256 e. The zero-order valence-corrected chi connectivity index (χ0v) is 22.5. The van der Waals surface area contributed by atoms with Gasteiger partial charge in [0.15, 0.2) is 23.0 Å². The van der Waals surface area contributed by atoms with Crippen LogP contribution in [-0.2, 0) is 0 Å². The van der Waals surface area contributed by atoms with Gasteiger partial charge in [-0.05, 0) is 35.2 Å². The Morgan fingerprint density at radius 2 is 0.667 bits per heavy atom. The normalized spacial score (nSPS) is 13.4. The Labute approximate surface area is 244 Å². The number of hydrogen-bond acceptors (Lipinski definition) is 4. The van der Waals surface area contributed by atoms with Crippen LogP contribution in [0.3, 0.4) is 0 Å². The Morgan fingerprint density at radius 1 is 0.310 bits per heavy atom. The summed E-state index contributed by atoms with van der Waals surface area (Å²) in [7, 11) is 0. The minimum absolute atomic E-state index is 0.146. The van der Waals surface area contributed by atoms with Crippen LogP contribution in [0.15, 0.2) is 133 Å². The highest BCUT2D eigenvalue weighted by molar-refractivity contribution is 7.01. The zero-order valence-electron chi connectivity index (χ0n) is 22.5. The first-order valence-electron chi connectivity index (χ1n) is 14.2. The second kappa shape index (κ2) is 9.08. The molecule has 6 aromatic carbocycles. The molecule has 0 amide bonds. The van der Waals surface area contributed by atoms with Crippen LogP contribution in [0.2, 0.25) is 0 Å². The van der Waals surface area contributed by atoms with E-state index < -0.39 is 0 Å². The fourth-order valence-electron chi connectivity index (χ4n) is 6.61. The maximum Gasteiger partial charge on any atom is 0.256 e. The monoisotopic (exact) mass is 540 g/mol. The fraction of sp³-hybridized carbons (Fsp3) is 0. The molecule has 0 unspecified atom stereocenters. The lowest BCUT2D eigenvalue weighted by molar-refractivity contribution is 0.341. The van der Waals surface area contributed by atoms with Crippen LogP contribution in [-0.4, -0.2) is 13.4 Å². The lowest BCUT2D eigenvalue weighted by Gasteiger charge is -2.37. The summed E-state index contributed by atoms with van der Waals surface area (Å²) in [5.41, 5.74) is 6.32. The Balaban J connectivity index is 1.41. The Kier molecular flexibility index (Phi) is 5.05. The highest BCUT2D eigenvalue weighted by Gasteiger charge is 2.47. The van der Waals surface area contributed by atoms with Gasteiger partial charge in [-0.1, -0.05) is 120 Å². The highest BCUT2D eigenvalue weighted by Crippen LogP contribution is 2.52. The van der Waals surface area contributed by atoms with Crippen LogP contribution < -0.4 is 51.7 Å². The zero-order chi connectivity index (χ0) is 27.6. The summed E-state index contributed by atoms with van der Waals surface area (Å²) in [6, 6.07) is 45.3. The summed E-state index contributed by atoms with van der Waals surface area (Å²) in [5.74, 6) is 5.49. The van der Waals surface area contributed by atoms with Crippen LogP contribution in [0.25, 0.3) is 0 Å². The number of rotatable bonds is 2. The summed E-state index contributed by atoms with van der Waals surface area (Å²) >= 11 is 0. The maximum absolute atomic E-state index is 6.93. The molecule has 0 saturated heterocycles. The molecular formula is C36H22B2O4. The van der Waals surface area contributed by atoms with Crippen LogP contribution in [0.1, 0.15) is 0 Å². The number of hydrogen-bond donors (Lipinski definition) is 0. The van der Waals surface area contributed by atoms with Crippen LogP contribution in [0.4, 0.5) is 0 Å². The first-order valence-corrected chi connectivity index (χ1v) is 14.2. The first kappa shape index (κ1) is 23.4. The van der Waals surface area contributed by atoms with Gasteiger partial charge in [0.25, 0.3) is 13.4 Å².